The number of aliphatic hydroxyl groups is 5. The highest BCUT2D eigenvalue weighted by atomic mass is 16.7. The van der Waals surface area contributed by atoms with Gasteiger partial charge in [0.15, 0.2) is 12.5 Å². The lowest BCUT2D eigenvalue weighted by atomic mass is 9.98. The fourth-order valence-electron chi connectivity index (χ4n) is 3.30. The van der Waals surface area contributed by atoms with E-state index in [-0.39, 0.29) is 0 Å². The van der Waals surface area contributed by atoms with Crippen molar-refractivity contribution in [2.45, 2.75) is 55.2 Å². The number of rotatable bonds is 6. The molecule has 1 aromatic heterocycles. The van der Waals surface area contributed by atoms with Crippen LogP contribution in [0.5, 0.6) is 0 Å². The number of H-pyrrole nitrogens is 1. The van der Waals surface area contributed by atoms with Crippen molar-refractivity contribution < 1.29 is 39.7 Å². The molecule has 0 amide bonds. The molecule has 3 rings (SSSR count). The van der Waals surface area contributed by atoms with E-state index < -0.39 is 79.6 Å². The fourth-order valence-corrected chi connectivity index (χ4v) is 3.30. The Balaban J connectivity index is 1.72. The van der Waals surface area contributed by atoms with E-state index in [1.165, 1.54) is 0 Å². The third-order valence-electron chi connectivity index (χ3n) is 4.92. The molecule has 2 saturated heterocycles. The van der Waals surface area contributed by atoms with Crippen LogP contribution in [0.2, 0.25) is 0 Å². The zero-order valence-electron chi connectivity index (χ0n) is 15.3. The zero-order chi connectivity index (χ0) is 22.0. The first-order valence-corrected chi connectivity index (χ1v) is 8.89. The first-order valence-electron chi connectivity index (χ1n) is 8.89. The molecular weight excluding hydrogens is 410 g/mol. The Kier molecular flexibility index (Phi) is 6.87. The highest BCUT2D eigenvalue weighted by Crippen LogP contribution is 2.30. The molecule has 15 heteroatoms. The maximum absolute atomic E-state index is 11.9. The molecule has 3 heterocycles. The van der Waals surface area contributed by atoms with Crippen molar-refractivity contribution in [3.05, 3.63) is 43.5 Å². The van der Waals surface area contributed by atoms with E-state index in [2.05, 4.69) is 10.0 Å². The number of hydrogen-bond acceptors (Lipinski definition) is 11. The molecule has 2 fully saturated rings. The summed E-state index contributed by atoms with van der Waals surface area (Å²) in [4.78, 5) is 27.6. The number of aliphatic hydroxyl groups excluding tert-OH is 5. The van der Waals surface area contributed by atoms with Crippen molar-refractivity contribution in [1.29, 1.82) is 0 Å². The van der Waals surface area contributed by atoms with Crippen LogP contribution in [-0.2, 0) is 14.2 Å². The molecule has 9 atom stereocenters. The Bertz CT molecular complexity index is 900. The lowest BCUT2D eigenvalue weighted by Gasteiger charge is -2.40. The van der Waals surface area contributed by atoms with E-state index >= 15 is 0 Å². The number of aromatic amines is 1. The van der Waals surface area contributed by atoms with Gasteiger partial charge in [-0.3, -0.25) is 14.3 Å². The molecule has 6 N–H and O–H groups in total. The fraction of sp³-hybridized carbons (Fsp3) is 0.733. The second-order valence-electron chi connectivity index (χ2n) is 6.80. The summed E-state index contributed by atoms with van der Waals surface area (Å²) in [6.07, 6.45) is -10.2. The summed E-state index contributed by atoms with van der Waals surface area (Å²) in [6.45, 7) is -1.09. The van der Waals surface area contributed by atoms with E-state index in [1.807, 2.05) is 4.98 Å². The average Bonchev–Trinajstić information content (AvgIpc) is 2.99. The maximum Gasteiger partial charge on any atom is 0.330 e. The van der Waals surface area contributed by atoms with Gasteiger partial charge in [-0.2, -0.15) is 0 Å². The normalized spacial score (nSPS) is 38.9. The molecule has 0 saturated carbocycles. The molecule has 1 aromatic rings. The van der Waals surface area contributed by atoms with Gasteiger partial charge in [-0.25, -0.2) is 4.79 Å². The predicted molar refractivity (Wildman–Crippen MR) is 93.9 cm³/mol. The Labute approximate surface area is 167 Å². The standard InChI is InChI=1S/C15H21N5O10/c16-19-18-8-11(25)9(23)5(3-21)30-14(8)28-4-6-10(24)12(26)13(29-6)20-2-1-7(22)17-15(20)27/h1-2,5-6,8-14,21,23-26H,3-4H2,(H,17,22,27)/t5-,6-,8+,9-,10-,11-,12-,13-,14+/m1/s1. The highest BCUT2D eigenvalue weighted by molar-refractivity contribution is 4.95. The van der Waals surface area contributed by atoms with Crippen LogP contribution < -0.4 is 11.2 Å². The van der Waals surface area contributed by atoms with Crippen molar-refractivity contribution >= 4 is 0 Å². The minimum atomic E-state index is -1.59. The van der Waals surface area contributed by atoms with Gasteiger partial charge in [0.2, 0.25) is 0 Å². The zero-order valence-corrected chi connectivity index (χ0v) is 15.3. The minimum absolute atomic E-state index is 0.435. The van der Waals surface area contributed by atoms with Gasteiger partial charge < -0.3 is 39.7 Å². The van der Waals surface area contributed by atoms with Gasteiger partial charge in [-0.15, -0.1) is 0 Å². The Morgan fingerprint density at radius 1 is 1.13 bits per heavy atom. The summed E-state index contributed by atoms with van der Waals surface area (Å²) in [5, 5.41) is 53.0. The van der Waals surface area contributed by atoms with Gasteiger partial charge in [-0.05, 0) is 5.53 Å². The van der Waals surface area contributed by atoms with E-state index in [0.29, 0.717) is 0 Å². The molecule has 0 unspecified atom stereocenters. The second kappa shape index (κ2) is 9.22. The van der Waals surface area contributed by atoms with Crippen LogP contribution in [0.4, 0.5) is 0 Å². The smallest absolute Gasteiger partial charge is 0.330 e. The van der Waals surface area contributed by atoms with E-state index in [4.69, 9.17) is 19.7 Å². The van der Waals surface area contributed by atoms with Crippen LogP contribution in [0.25, 0.3) is 10.4 Å². The van der Waals surface area contributed by atoms with E-state index in [0.717, 1.165) is 16.8 Å². The number of nitrogens with one attached hydrogen (secondary N) is 1. The first-order chi connectivity index (χ1) is 14.3. The Morgan fingerprint density at radius 3 is 2.47 bits per heavy atom. The molecule has 2 aliphatic heterocycles. The first kappa shape index (κ1) is 22.4. The van der Waals surface area contributed by atoms with Crippen molar-refractivity contribution in [2.24, 2.45) is 5.11 Å². The van der Waals surface area contributed by atoms with Gasteiger partial charge in [0, 0.05) is 17.2 Å². The topological polar surface area (TPSA) is 232 Å². The van der Waals surface area contributed by atoms with Crippen LogP contribution in [0, 0.1) is 0 Å². The molecule has 0 spiro atoms. The van der Waals surface area contributed by atoms with Crippen molar-refractivity contribution in [3.8, 4) is 0 Å². The molecule has 2 aliphatic rings. The van der Waals surface area contributed by atoms with Gasteiger partial charge >= 0.3 is 5.69 Å². The van der Waals surface area contributed by atoms with Crippen LogP contribution in [0.3, 0.4) is 0 Å². The Hall–Kier alpha value is -2.33. The summed E-state index contributed by atoms with van der Waals surface area (Å²) >= 11 is 0. The molecule has 15 nitrogen and oxygen atoms in total. The van der Waals surface area contributed by atoms with Crippen molar-refractivity contribution in [3.63, 3.8) is 0 Å². The molecular formula is C15H21N5O10. The lowest BCUT2D eigenvalue weighted by Crippen LogP contribution is -2.58. The van der Waals surface area contributed by atoms with Gasteiger partial charge in [0.05, 0.1) is 19.3 Å². The third-order valence-corrected chi connectivity index (χ3v) is 4.92. The molecule has 0 aliphatic carbocycles. The van der Waals surface area contributed by atoms with Crippen molar-refractivity contribution in [2.75, 3.05) is 13.2 Å². The van der Waals surface area contributed by atoms with Crippen LogP contribution in [0.15, 0.2) is 27.0 Å². The Morgan fingerprint density at radius 2 is 1.83 bits per heavy atom. The summed E-state index contributed by atoms with van der Waals surface area (Å²) in [5.41, 5.74) is 7.17. The van der Waals surface area contributed by atoms with Crippen LogP contribution >= 0.6 is 0 Å². The SMILES string of the molecule is [N-]=[N+]=N[C@@H]1[C@@H](OC[C@H]2O[C@@H](n3ccc(=O)[nH]c3=O)[C@H](O)[C@@H]2O)O[C@H](CO)[C@@H](O)[C@@H]1O. The number of aromatic nitrogens is 2. The highest BCUT2D eigenvalue weighted by Gasteiger charge is 2.47. The number of nitrogens with zero attached hydrogens (tertiary/aromatic N) is 4. The quantitative estimate of drug-likeness (QED) is 0.146. The molecule has 0 bridgehead atoms. The van der Waals surface area contributed by atoms with Gasteiger partial charge in [0.1, 0.15) is 36.6 Å². The van der Waals surface area contributed by atoms with E-state index in [9.17, 15) is 35.1 Å². The average molecular weight is 431 g/mol. The molecule has 0 aromatic carbocycles. The van der Waals surface area contributed by atoms with E-state index in [1.54, 1.807) is 0 Å². The molecule has 166 valence electrons. The largest absolute Gasteiger partial charge is 0.394 e. The summed E-state index contributed by atoms with van der Waals surface area (Å²) < 4.78 is 17.1. The monoisotopic (exact) mass is 431 g/mol. The second-order valence-corrected chi connectivity index (χ2v) is 6.80. The minimum Gasteiger partial charge on any atom is -0.394 e. The summed E-state index contributed by atoms with van der Waals surface area (Å²) in [6, 6.07) is -0.329. The van der Waals surface area contributed by atoms with Crippen molar-refractivity contribution in [1.82, 2.24) is 9.55 Å². The lowest BCUT2D eigenvalue weighted by molar-refractivity contribution is -0.272. The molecule has 0 radical (unpaired) electrons. The van der Waals surface area contributed by atoms with Crippen LogP contribution in [-0.4, -0.2) is 97.3 Å². The number of ether oxygens (including phenoxy) is 3. The summed E-state index contributed by atoms with van der Waals surface area (Å²) in [7, 11) is 0. The van der Waals surface area contributed by atoms with Gasteiger partial charge in [0.25, 0.3) is 5.56 Å². The van der Waals surface area contributed by atoms with Crippen LogP contribution in [0.1, 0.15) is 6.23 Å². The molecule has 30 heavy (non-hydrogen) atoms. The number of azide groups is 1. The summed E-state index contributed by atoms with van der Waals surface area (Å²) in [5.74, 6) is 0. The maximum atomic E-state index is 11.9. The number of hydrogen-bond donors (Lipinski definition) is 6. The third kappa shape index (κ3) is 4.24. The predicted octanol–water partition coefficient (Wildman–Crippen LogP) is -3.71. The van der Waals surface area contributed by atoms with Gasteiger partial charge in [-0.1, -0.05) is 5.11 Å².